The third kappa shape index (κ3) is 3.47. The van der Waals surface area contributed by atoms with Crippen molar-refractivity contribution in [1.82, 2.24) is 0 Å². The van der Waals surface area contributed by atoms with Gasteiger partial charge in [-0.25, -0.2) is 4.39 Å². The number of halogens is 1. The standard InChI is InChI=1S/C15H15FN2O2/c1-2-20-14-5-3-13(4-6-14)18-15(19)10-7-11(16)9-12(17)8-10/h3-9H,2,17H2,1H3,(H,18,19). The number of hydrogen-bond donors (Lipinski definition) is 2. The summed E-state index contributed by atoms with van der Waals surface area (Å²) >= 11 is 0. The molecule has 0 aromatic heterocycles. The lowest BCUT2D eigenvalue weighted by Crippen LogP contribution is -2.12. The summed E-state index contributed by atoms with van der Waals surface area (Å²) in [6.07, 6.45) is 0. The van der Waals surface area contributed by atoms with Crippen molar-refractivity contribution in [1.29, 1.82) is 0 Å². The van der Waals surface area contributed by atoms with Crippen LogP contribution in [0.1, 0.15) is 17.3 Å². The van der Waals surface area contributed by atoms with E-state index < -0.39 is 11.7 Å². The van der Waals surface area contributed by atoms with E-state index >= 15 is 0 Å². The number of anilines is 2. The average molecular weight is 274 g/mol. The number of ether oxygens (including phenoxy) is 1. The van der Waals surface area contributed by atoms with Crippen LogP contribution in [0.15, 0.2) is 42.5 Å². The van der Waals surface area contributed by atoms with Crippen LogP contribution in [0, 0.1) is 5.82 Å². The van der Waals surface area contributed by atoms with Crippen LogP contribution >= 0.6 is 0 Å². The van der Waals surface area contributed by atoms with E-state index in [9.17, 15) is 9.18 Å². The number of nitrogens with one attached hydrogen (secondary N) is 1. The molecule has 0 unspecified atom stereocenters. The van der Waals surface area contributed by atoms with E-state index in [0.717, 1.165) is 17.9 Å². The third-order valence-corrected chi connectivity index (χ3v) is 2.61. The van der Waals surface area contributed by atoms with Gasteiger partial charge in [-0.05, 0) is 49.4 Å². The lowest BCUT2D eigenvalue weighted by Gasteiger charge is -2.07. The number of carbonyl (C=O) groups is 1. The summed E-state index contributed by atoms with van der Waals surface area (Å²) < 4.78 is 18.5. The molecule has 20 heavy (non-hydrogen) atoms. The van der Waals surface area contributed by atoms with Crippen molar-refractivity contribution >= 4 is 17.3 Å². The van der Waals surface area contributed by atoms with Gasteiger partial charge in [0, 0.05) is 16.9 Å². The second kappa shape index (κ2) is 6.06. The van der Waals surface area contributed by atoms with Crippen molar-refractivity contribution < 1.29 is 13.9 Å². The normalized spacial score (nSPS) is 10.1. The molecule has 0 saturated heterocycles. The number of nitrogens with two attached hydrogens (primary N) is 1. The molecule has 0 aliphatic rings. The van der Waals surface area contributed by atoms with Gasteiger partial charge in [0.05, 0.1) is 6.61 Å². The largest absolute Gasteiger partial charge is 0.494 e. The zero-order valence-electron chi connectivity index (χ0n) is 11.0. The van der Waals surface area contributed by atoms with E-state index in [1.165, 1.54) is 6.07 Å². The van der Waals surface area contributed by atoms with E-state index in [-0.39, 0.29) is 11.3 Å². The Balaban J connectivity index is 2.10. The van der Waals surface area contributed by atoms with Crippen LogP contribution in [0.3, 0.4) is 0 Å². The van der Waals surface area contributed by atoms with Crippen LogP contribution in [0.25, 0.3) is 0 Å². The number of rotatable bonds is 4. The van der Waals surface area contributed by atoms with Gasteiger partial charge in [-0.2, -0.15) is 0 Å². The maximum atomic E-state index is 13.2. The summed E-state index contributed by atoms with van der Waals surface area (Å²) in [5.74, 6) is -0.234. The topological polar surface area (TPSA) is 64.3 Å². The lowest BCUT2D eigenvalue weighted by atomic mass is 10.1. The quantitative estimate of drug-likeness (QED) is 0.842. The Labute approximate surface area is 116 Å². The van der Waals surface area contributed by atoms with Gasteiger partial charge in [-0.15, -0.1) is 0 Å². The molecule has 1 amide bonds. The molecule has 0 spiro atoms. The molecule has 0 atom stereocenters. The van der Waals surface area contributed by atoms with Crippen LogP contribution in [0.5, 0.6) is 5.75 Å². The molecule has 0 aliphatic heterocycles. The van der Waals surface area contributed by atoms with Gasteiger partial charge in [-0.3, -0.25) is 4.79 Å². The van der Waals surface area contributed by atoms with Crippen LogP contribution in [-0.2, 0) is 0 Å². The average Bonchev–Trinajstić information content (AvgIpc) is 2.40. The number of amides is 1. The second-order valence-electron chi connectivity index (χ2n) is 4.18. The van der Waals surface area contributed by atoms with Gasteiger partial charge in [0.15, 0.2) is 0 Å². The van der Waals surface area contributed by atoms with Gasteiger partial charge >= 0.3 is 0 Å². The van der Waals surface area contributed by atoms with Crippen molar-refractivity contribution in [2.75, 3.05) is 17.7 Å². The smallest absolute Gasteiger partial charge is 0.255 e. The van der Waals surface area contributed by atoms with Crippen LogP contribution in [0.4, 0.5) is 15.8 Å². The van der Waals surface area contributed by atoms with E-state index in [4.69, 9.17) is 10.5 Å². The molecule has 4 nitrogen and oxygen atoms in total. The van der Waals surface area contributed by atoms with Gasteiger partial charge in [-0.1, -0.05) is 0 Å². The van der Waals surface area contributed by atoms with E-state index in [1.54, 1.807) is 24.3 Å². The zero-order valence-corrected chi connectivity index (χ0v) is 11.0. The molecule has 0 bridgehead atoms. The fraction of sp³-hybridized carbons (Fsp3) is 0.133. The van der Waals surface area contributed by atoms with E-state index in [1.807, 2.05) is 6.92 Å². The highest BCUT2D eigenvalue weighted by Gasteiger charge is 2.08. The SMILES string of the molecule is CCOc1ccc(NC(=O)c2cc(N)cc(F)c2)cc1. The summed E-state index contributed by atoms with van der Waals surface area (Å²) in [5.41, 5.74) is 6.49. The molecular formula is C15H15FN2O2. The monoisotopic (exact) mass is 274 g/mol. The number of nitrogen functional groups attached to an aromatic ring is 1. The number of carbonyl (C=O) groups excluding carboxylic acids is 1. The maximum absolute atomic E-state index is 13.2. The molecule has 5 heteroatoms. The Kier molecular flexibility index (Phi) is 4.20. The predicted octanol–water partition coefficient (Wildman–Crippen LogP) is 3.06. The van der Waals surface area contributed by atoms with Crippen LogP contribution in [-0.4, -0.2) is 12.5 Å². The van der Waals surface area contributed by atoms with Crippen molar-refractivity contribution in [2.24, 2.45) is 0 Å². The molecule has 0 heterocycles. The second-order valence-corrected chi connectivity index (χ2v) is 4.18. The fourth-order valence-corrected chi connectivity index (χ4v) is 1.75. The lowest BCUT2D eigenvalue weighted by molar-refractivity contribution is 0.102. The molecule has 2 aromatic carbocycles. The molecule has 2 aromatic rings. The number of hydrogen-bond acceptors (Lipinski definition) is 3. The Morgan fingerprint density at radius 3 is 2.55 bits per heavy atom. The molecule has 2 rings (SSSR count). The van der Waals surface area contributed by atoms with Crippen molar-refractivity contribution in [2.45, 2.75) is 6.92 Å². The Morgan fingerprint density at radius 2 is 1.95 bits per heavy atom. The molecule has 0 radical (unpaired) electrons. The fourth-order valence-electron chi connectivity index (χ4n) is 1.75. The highest BCUT2D eigenvalue weighted by Crippen LogP contribution is 2.17. The first-order valence-electron chi connectivity index (χ1n) is 6.19. The summed E-state index contributed by atoms with van der Waals surface area (Å²) in [7, 11) is 0. The Hall–Kier alpha value is -2.56. The number of benzene rings is 2. The van der Waals surface area contributed by atoms with Crippen molar-refractivity contribution in [3.8, 4) is 5.75 Å². The summed E-state index contributed by atoms with van der Waals surface area (Å²) in [6.45, 7) is 2.47. The van der Waals surface area contributed by atoms with Gasteiger partial charge in [0.2, 0.25) is 0 Å². The summed E-state index contributed by atoms with van der Waals surface area (Å²) in [6, 6.07) is 10.6. The molecule has 3 N–H and O–H groups in total. The van der Waals surface area contributed by atoms with Crippen LogP contribution < -0.4 is 15.8 Å². The summed E-state index contributed by atoms with van der Waals surface area (Å²) in [4.78, 5) is 12.0. The first-order valence-corrected chi connectivity index (χ1v) is 6.19. The maximum Gasteiger partial charge on any atom is 0.255 e. The minimum absolute atomic E-state index is 0.177. The van der Waals surface area contributed by atoms with Crippen molar-refractivity contribution in [3.63, 3.8) is 0 Å². The Morgan fingerprint density at radius 1 is 1.25 bits per heavy atom. The first kappa shape index (κ1) is 13.9. The molecular weight excluding hydrogens is 259 g/mol. The van der Waals surface area contributed by atoms with Crippen LogP contribution in [0.2, 0.25) is 0 Å². The van der Waals surface area contributed by atoms with Gasteiger partial charge in [0.25, 0.3) is 5.91 Å². The predicted molar refractivity (Wildman–Crippen MR) is 76.4 cm³/mol. The highest BCUT2D eigenvalue weighted by molar-refractivity contribution is 6.04. The highest BCUT2D eigenvalue weighted by atomic mass is 19.1. The summed E-state index contributed by atoms with van der Waals surface area (Å²) in [5, 5.41) is 2.67. The molecule has 0 fully saturated rings. The minimum atomic E-state index is -0.540. The first-order chi connectivity index (χ1) is 9.58. The minimum Gasteiger partial charge on any atom is -0.494 e. The van der Waals surface area contributed by atoms with E-state index in [0.29, 0.717) is 12.3 Å². The van der Waals surface area contributed by atoms with Gasteiger partial charge < -0.3 is 15.8 Å². The molecule has 104 valence electrons. The molecule has 0 saturated carbocycles. The third-order valence-electron chi connectivity index (χ3n) is 2.61. The van der Waals surface area contributed by atoms with E-state index in [2.05, 4.69) is 5.32 Å². The Bertz CT molecular complexity index is 592. The molecule has 0 aliphatic carbocycles. The van der Waals surface area contributed by atoms with Crippen molar-refractivity contribution in [3.05, 3.63) is 53.8 Å². The zero-order chi connectivity index (χ0) is 14.5. The van der Waals surface area contributed by atoms with Gasteiger partial charge in [0.1, 0.15) is 11.6 Å².